The van der Waals surface area contributed by atoms with Crippen LogP contribution in [0.3, 0.4) is 0 Å². The van der Waals surface area contributed by atoms with E-state index in [2.05, 4.69) is 16.6 Å². The monoisotopic (exact) mass is 445 g/mol. The van der Waals surface area contributed by atoms with Crippen LogP contribution in [0.5, 0.6) is 0 Å². The molecule has 9 heteroatoms. The summed E-state index contributed by atoms with van der Waals surface area (Å²) in [5.41, 5.74) is 10.1. The lowest BCUT2D eigenvalue weighted by molar-refractivity contribution is -0.356. The molecule has 3 rings (SSSR count). The van der Waals surface area contributed by atoms with Crippen molar-refractivity contribution in [3.63, 3.8) is 0 Å². The highest BCUT2D eigenvalue weighted by molar-refractivity contribution is 5.15. The number of azide groups is 1. The fourth-order valence-electron chi connectivity index (χ4n) is 3.38. The molecular weight excluding hydrogens is 420 g/mol. The zero-order valence-corrected chi connectivity index (χ0v) is 17.4. The molecule has 1 heterocycles. The topological polar surface area (TPSA) is 85.7 Å². The van der Waals surface area contributed by atoms with Crippen LogP contribution < -0.4 is 0 Å². The molecule has 4 atom stereocenters. The Morgan fingerprint density at radius 2 is 1.53 bits per heavy atom. The molecule has 0 N–H and O–H groups in total. The van der Waals surface area contributed by atoms with Gasteiger partial charge in [0.25, 0.3) is 0 Å². The number of hydrogen-bond donors (Lipinski definition) is 0. The van der Waals surface area contributed by atoms with Crippen molar-refractivity contribution in [1.82, 2.24) is 0 Å². The Kier molecular flexibility index (Phi) is 8.72. The summed E-state index contributed by atoms with van der Waals surface area (Å²) < 4.78 is 53.9. The van der Waals surface area contributed by atoms with Gasteiger partial charge in [0, 0.05) is 4.91 Å². The summed E-state index contributed by atoms with van der Waals surface area (Å²) in [6.07, 6.45) is -4.66. The highest BCUT2D eigenvalue weighted by Crippen LogP contribution is 2.40. The normalized spacial score (nSPS) is 24.4. The minimum absolute atomic E-state index is 0.0181. The molecule has 32 heavy (non-hydrogen) atoms. The zero-order valence-electron chi connectivity index (χ0n) is 17.4. The molecule has 1 fully saturated rings. The maximum absolute atomic E-state index is 15.7. The average Bonchev–Trinajstić information content (AvgIpc) is 2.81. The Morgan fingerprint density at radius 3 is 2.06 bits per heavy atom. The molecule has 1 aliphatic rings. The molecule has 0 spiro atoms. The van der Waals surface area contributed by atoms with Crippen LogP contribution >= 0.6 is 0 Å². The molecule has 0 radical (unpaired) electrons. The molecule has 7 nitrogen and oxygen atoms in total. The Balaban J connectivity index is 1.83. The van der Waals surface area contributed by atoms with Crippen molar-refractivity contribution in [3.8, 4) is 0 Å². The Hall–Kier alpha value is -2.81. The minimum atomic E-state index is -3.50. The van der Waals surface area contributed by atoms with Crippen LogP contribution in [0, 0.1) is 0 Å². The second kappa shape index (κ2) is 11.7. The van der Waals surface area contributed by atoms with Crippen LogP contribution in [0.25, 0.3) is 10.4 Å². The van der Waals surface area contributed by atoms with E-state index in [9.17, 15) is 0 Å². The van der Waals surface area contributed by atoms with Crippen LogP contribution in [0.1, 0.15) is 11.1 Å². The summed E-state index contributed by atoms with van der Waals surface area (Å²) in [5.74, 6) is -3.50. The van der Waals surface area contributed by atoms with E-state index in [1.54, 1.807) is 48.5 Å². The lowest BCUT2D eigenvalue weighted by Crippen LogP contribution is -2.64. The second-order valence-corrected chi connectivity index (χ2v) is 7.19. The fraction of sp³-hybridized carbons (Fsp3) is 0.391. The van der Waals surface area contributed by atoms with Crippen molar-refractivity contribution >= 4 is 0 Å². The van der Waals surface area contributed by atoms with Crippen LogP contribution in [-0.4, -0.2) is 43.7 Å². The maximum Gasteiger partial charge on any atom is 0.306 e. The van der Waals surface area contributed by atoms with Gasteiger partial charge in [0.15, 0.2) is 18.5 Å². The van der Waals surface area contributed by atoms with E-state index in [4.69, 9.17) is 24.5 Å². The first-order valence-corrected chi connectivity index (χ1v) is 10.1. The molecule has 2 aromatic carbocycles. The first kappa shape index (κ1) is 23.8. The van der Waals surface area contributed by atoms with Crippen molar-refractivity contribution in [1.29, 1.82) is 0 Å². The van der Waals surface area contributed by atoms with E-state index in [-0.39, 0.29) is 26.4 Å². The summed E-state index contributed by atoms with van der Waals surface area (Å²) in [7, 11) is 0. The van der Waals surface area contributed by atoms with Gasteiger partial charge in [-0.1, -0.05) is 71.9 Å². The van der Waals surface area contributed by atoms with Crippen molar-refractivity contribution in [2.75, 3.05) is 13.2 Å². The lowest BCUT2D eigenvalue weighted by atomic mass is 9.96. The number of rotatable bonds is 11. The number of ether oxygens (including phenoxy) is 4. The van der Waals surface area contributed by atoms with Crippen LogP contribution in [-0.2, 0) is 32.2 Å². The Labute approximate surface area is 185 Å². The summed E-state index contributed by atoms with van der Waals surface area (Å²) in [6, 6.07) is 17.9. The summed E-state index contributed by atoms with van der Waals surface area (Å²) >= 11 is 0. The van der Waals surface area contributed by atoms with Crippen molar-refractivity contribution in [3.05, 3.63) is 94.9 Å². The van der Waals surface area contributed by atoms with Crippen molar-refractivity contribution in [2.45, 2.75) is 43.7 Å². The van der Waals surface area contributed by atoms with Crippen LogP contribution in [0.4, 0.5) is 8.78 Å². The third kappa shape index (κ3) is 6.12. The number of alkyl halides is 2. The quantitative estimate of drug-likeness (QED) is 0.210. The van der Waals surface area contributed by atoms with Gasteiger partial charge in [-0.2, -0.15) is 0 Å². The first-order chi connectivity index (χ1) is 15.6. The standard InChI is InChI=1S/C23H25F2N3O4/c1-2-13-29-22-21(31-16-18-11-7-4-8-12-18)23(24,25)20(19(32-22)14-27-28-26)30-15-17-9-5-3-6-10-17/h2-12,19-22H,1,13-16H2/t19-,20-,21+,22-/m1/s1. The molecule has 170 valence electrons. The number of nitrogens with zero attached hydrogens (tertiary/aromatic N) is 3. The second-order valence-electron chi connectivity index (χ2n) is 7.19. The smallest absolute Gasteiger partial charge is 0.306 e. The van der Waals surface area contributed by atoms with Gasteiger partial charge in [-0.15, -0.1) is 6.58 Å². The number of halogens is 2. The van der Waals surface area contributed by atoms with E-state index >= 15 is 8.78 Å². The number of hydrogen-bond acceptors (Lipinski definition) is 5. The molecule has 2 aromatic rings. The van der Waals surface area contributed by atoms with Gasteiger partial charge >= 0.3 is 5.92 Å². The molecule has 0 bridgehead atoms. The summed E-state index contributed by atoms with van der Waals surface area (Å²) in [4.78, 5) is 2.67. The summed E-state index contributed by atoms with van der Waals surface area (Å²) in [6.45, 7) is 3.05. The van der Waals surface area contributed by atoms with Gasteiger partial charge in [0.2, 0.25) is 0 Å². The van der Waals surface area contributed by atoms with Crippen LogP contribution in [0.15, 0.2) is 78.4 Å². The molecule has 0 saturated carbocycles. The van der Waals surface area contributed by atoms with E-state index in [0.29, 0.717) is 0 Å². The van der Waals surface area contributed by atoms with E-state index < -0.39 is 30.5 Å². The predicted molar refractivity (Wildman–Crippen MR) is 114 cm³/mol. The zero-order chi connectivity index (χ0) is 22.8. The SMILES string of the molecule is C=CCO[C@@H]1O[C@H](CN=[N+]=[N-])[C@@H](OCc2ccccc2)C(F)(F)[C@H]1OCc1ccccc1. The molecule has 1 saturated heterocycles. The van der Waals surface area contributed by atoms with Gasteiger partial charge in [0.1, 0.15) is 0 Å². The van der Waals surface area contributed by atoms with Gasteiger partial charge in [-0.25, -0.2) is 8.78 Å². The first-order valence-electron chi connectivity index (χ1n) is 10.1. The Bertz CT molecular complexity index is 895. The molecule has 0 aliphatic carbocycles. The maximum atomic E-state index is 15.7. The third-order valence-electron chi connectivity index (χ3n) is 4.90. The third-order valence-corrected chi connectivity index (χ3v) is 4.90. The molecule has 1 aliphatic heterocycles. The van der Waals surface area contributed by atoms with Crippen molar-refractivity contribution < 1.29 is 27.7 Å². The van der Waals surface area contributed by atoms with E-state index in [1.165, 1.54) is 6.08 Å². The van der Waals surface area contributed by atoms with Gasteiger partial charge < -0.3 is 18.9 Å². The lowest BCUT2D eigenvalue weighted by Gasteiger charge is -2.45. The van der Waals surface area contributed by atoms with Gasteiger partial charge in [0.05, 0.1) is 32.5 Å². The van der Waals surface area contributed by atoms with Crippen molar-refractivity contribution in [2.24, 2.45) is 5.11 Å². The summed E-state index contributed by atoms with van der Waals surface area (Å²) in [5, 5.41) is 3.43. The van der Waals surface area contributed by atoms with E-state index in [1.807, 2.05) is 12.1 Å². The molecule has 0 amide bonds. The highest BCUT2D eigenvalue weighted by atomic mass is 19.3. The van der Waals surface area contributed by atoms with Gasteiger partial charge in [-0.3, -0.25) is 0 Å². The minimum Gasteiger partial charge on any atom is -0.364 e. The molecular formula is C23H25F2N3O4. The fourth-order valence-corrected chi connectivity index (χ4v) is 3.38. The highest BCUT2D eigenvalue weighted by Gasteiger charge is 2.60. The van der Waals surface area contributed by atoms with Crippen LogP contribution in [0.2, 0.25) is 0 Å². The Morgan fingerprint density at radius 1 is 0.969 bits per heavy atom. The molecule has 0 aromatic heterocycles. The largest absolute Gasteiger partial charge is 0.364 e. The predicted octanol–water partition coefficient (Wildman–Crippen LogP) is 5.03. The van der Waals surface area contributed by atoms with Gasteiger partial charge in [-0.05, 0) is 16.7 Å². The van der Waals surface area contributed by atoms with E-state index in [0.717, 1.165) is 11.1 Å². The molecule has 0 unspecified atom stereocenters. The average molecular weight is 445 g/mol. The number of benzene rings is 2.